The van der Waals surface area contributed by atoms with Crippen molar-refractivity contribution in [1.29, 1.82) is 0 Å². The summed E-state index contributed by atoms with van der Waals surface area (Å²) in [6.07, 6.45) is 4.26. The van der Waals surface area contributed by atoms with E-state index >= 15 is 0 Å². The minimum absolute atomic E-state index is 0.0248. The monoisotopic (exact) mass is 280 g/mol. The second-order valence-electron chi connectivity index (χ2n) is 6.76. The Labute approximate surface area is 120 Å². The fourth-order valence-electron chi connectivity index (χ4n) is 3.77. The molecule has 1 aliphatic carbocycles. The van der Waals surface area contributed by atoms with Crippen LogP contribution in [-0.2, 0) is 19.0 Å². The summed E-state index contributed by atoms with van der Waals surface area (Å²) in [5.41, 5.74) is 0.825. The van der Waals surface area contributed by atoms with Gasteiger partial charge in [0.1, 0.15) is 17.3 Å². The molecular formula is C16H24O4. The zero-order valence-electron chi connectivity index (χ0n) is 12.8. The maximum atomic E-state index is 12.2. The number of carbonyl (C=O) groups is 1. The third-order valence-electron chi connectivity index (χ3n) is 5.09. The highest BCUT2D eigenvalue weighted by molar-refractivity contribution is 5.85. The van der Waals surface area contributed by atoms with Crippen LogP contribution in [0.4, 0.5) is 0 Å². The highest BCUT2D eigenvalue weighted by Gasteiger charge is 2.71. The van der Waals surface area contributed by atoms with E-state index in [9.17, 15) is 4.79 Å². The second-order valence-corrected chi connectivity index (χ2v) is 6.76. The number of carbonyl (C=O) groups excluding carboxylic acids is 1. The van der Waals surface area contributed by atoms with Crippen molar-refractivity contribution >= 4 is 5.78 Å². The largest absolute Gasteiger partial charge is 0.373 e. The summed E-state index contributed by atoms with van der Waals surface area (Å²) in [5, 5.41) is 0. The summed E-state index contributed by atoms with van der Waals surface area (Å²) in [5.74, 6) is 0.216. The van der Waals surface area contributed by atoms with E-state index in [2.05, 4.69) is 26.8 Å². The van der Waals surface area contributed by atoms with Gasteiger partial charge in [-0.2, -0.15) is 0 Å². The molecule has 2 heterocycles. The third-order valence-corrected chi connectivity index (χ3v) is 5.09. The van der Waals surface area contributed by atoms with Crippen LogP contribution in [0.5, 0.6) is 0 Å². The van der Waals surface area contributed by atoms with E-state index in [0.29, 0.717) is 6.42 Å². The summed E-state index contributed by atoms with van der Waals surface area (Å²) in [6.45, 7) is 7.02. The van der Waals surface area contributed by atoms with Crippen LogP contribution < -0.4 is 0 Å². The molecule has 0 aromatic heterocycles. The van der Waals surface area contributed by atoms with Gasteiger partial charge in [-0.3, -0.25) is 4.79 Å². The molecule has 2 aliphatic heterocycles. The molecule has 4 nitrogen and oxygen atoms in total. The van der Waals surface area contributed by atoms with E-state index < -0.39 is 0 Å². The maximum absolute atomic E-state index is 12.2. The highest BCUT2D eigenvalue weighted by Crippen LogP contribution is 2.58. The number of ketones is 1. The zero-order chi connectivity index (χ0) is 14.5. The topological polar surface area (TPSA) is 51.4 Å². The van der Waals surface area contributed by atoms with Gasteiger partial charge in [0.25, 0.3) is 0 Å². The first-order chi connectivity index (χ1) is 9.43. The molecule has 20 heavy (non-hydrogen) atoms. The average Bonchev–Trinajstić information content (AvgIpc) is 3.29. The van der Waals surface area contributed by atoms with Crippen LogP contribution >= 0.6 is 0 Å². The molecular weight excluding hydrogens is 256 g/mol. The first-order valence-electron chi connectivity index (χ1n) is 7.43. The van der Waals surface area contributed by atoms with Gasteiger partial charge < -0.3 is 14.2 Å². The third kappa shape index (κ3) is 2.14. The molecule has 3 fully saturated rings. The van der Waals surface area contributed by atoms with Gasteiger partial charge in [-0.25, -0.2) is 0 Å². The number of ether oxygens (including phenoxy) is 3. The van der Waals surface area contributed by atoms with Crippen molar-refractivity contribution in [2.75, 3.05) is 13.7 Å². The molecule has 112 valence electrons. The molecule has 0 bridgehead atoms. The van der Waals surface area contributed by atoms with Crippen molar-refractivity contribution in [1.82, 2.24) is 0 Å². The van der Waals surface area contributed by atoms with Crippen molar-refractivity contribution in [3.63, 3.8) is 0 Å². The molecule has 4 heteroatoms. The Morgan fingerprint density at radius 2 is 2.20 bits per heavy atom. The fraction of sp³-hybridized carbons (Fsp3) is 0.812. The van der Waals surface area contributed by atoms with Crippen molar-refractivity contribution in [3.8, 4) is 0 Å². The van der Waals surface area contributed by atoms with Gasteiger partial charge in [0.2, 0.25) is 0 Å². The Hall–Kier alpha value is -0.710. The summed E-state index contributed by atoms with van der Waals surface area (Å²) in [4.78, 5) is 12.2. The first kappa shape index (κ1) is 14.2. The van der Waals surface area contributed by atoms with Crippen LogP contribution in [-0.4, -0.2) is 42.9 Å². The SMILES string of the molecule is COC1C(=O)CCC2(CO2)C1C1(C)OC1CC=C(C)C. The Morgan fingerprint density at radius 1 is 1.50 bits per heavy atom. The Balaban J connectivity index is 1.80. The Kier molecular flexibility index (Phi) is 3.31. The van der Waals surface area contributed by atoms with Crippen LogP contribution in [0.1, 0.15) is 40.0 Å². The van der Waals surface area contributed by atoms with Crippen molar-refractivity contribution in [3.05, 3.63) is 11.6 Å². The standard InChI is InChI=1S/C16H24O4/c1-10(2)5-6-12-15(3,20-12)14-13(18-4)11(17)7-8-16(14)9-19-16/h5,12-14H,6-9H2,1-4H3. The van der Waals surface area contributed by atoms with E-state index in [4.69, 9.17) is 14.2 Å². The lowest BCUT2D eigenvalue weighted by Gasteiger charge is -2.37. The number of allylic oxidation sites excluding steroid dienone is 1. The normalized spacial score (nSPS) is 46.4. The lowest BCUT2D eigenvalue weighted by atomic mass is 9.69. The lowest BCUT2D eigenvalue weighted by molar-refractivity contribution is -0.142. The van der Waals surface area contributed by atoms with E-state index in [1.54, 1.807) is 7.11 Å². The van der Waals surface area contributed by atoms with Crippen LogP contribution in [0.2, 0.25) is 0 Å². The molecule has 3 aliphatic rings. The maximum Gasteiger partial charge on any atom is 0.162 e. The van der Waals surface area contributed by atoms with Gasteiger partial charge in [0.05, 0.1) is 18.6 Å². The van der Waals surface area contributed by atoms with Gasteiger partial charge >= 0.3 is 0 Å². The van der Waals surface area contributed by atoms with Crippen molar-refractivity contribution < 1.29 is 19.0 Å². The molecule has 0 aromatic carbocycles. The highest BCUT2D eigenvalue weighted by atomic mass is 16.6. The van der Waals surface area contributed by atoms with Crippen molar-refractivity contribution in [2.24, 2.45) is 5.92 Å². The molecule has 0 N–H and O–H groups in total. The van der Waals surface area contributed by atoms with Crippen LogP contribution in [0.3, 0.4) is 0 Å². The van der Waals surface area contributed by atoms with E-state index in [1.807, 2.05) is 0 Å². The van der Waals surface area contributed by atoms with E-state index in [-0.39, 0.29) is 35.1 Å². The summed E-state index contributed by atoms with van der Waals surface area (Å²) < 4.78 is 17.2. The number of Topliss-reactive ketones (excluding diaryl/α,β-unsaturated/α-hetero) is 1. The van der Waals surface area contributed by atoms with Crippen LogP contribution in [0, 0.1) is 5.92 Å². The molecule has 0 radical (unpaired) electrons. The number of rotatable bonds is 4. The first-order valence-corrected chi connectivity index (χ1v) is 7.43. The number of epoxide rings is 2. The minimum atomic E-state index is -0.382. The molecule has 5 atom stereocenters. The smallest absolute Gasteiger partial charge is 0.162 e. The minimum Gasteiger partial charge on any atom is -0.373 e. The molecule has 3 rings (SSSR count). The van der Waals surface area contributed by atoms with Crippen molar-refractivity contribution in [2.45, 2.75) is 63.4 Å². The number of methoxy groups -OCH3 is 1. The van der Waals surface area contributed by atoms with Gasteiger partial charge in [-0.1, -0.05) is 11.6 Å². The second kappa shape index (κ2) is 4.65. The van der Waals surface area contributed by atoms with Gasteiger partial charge in [-0.15, -0.1) is 0 Å². The van der Waals surface area contributed by atoms with E-state index in [0.717, 1.165) is 19.4 Å². The number of hydrogen-bond donors (Lipinski definition) is 0. The number of hydrogen-bond acceptors (Lipinski definition) is 4. The predicted octanol–water partition coefficient (Wildman–Crippen LogP) is 2.26. The van der Waals surface area contributed by atoms with Crippen LogP contribution in [0.25, 0.3) is 0 Å². The quantitative estimate of drug-likeness (QED) is 0.585. The van der Waals surface area contributed by atoms with Gasteiger partial charge in [0.15, 0.2) is 5.78 Å². The summed E-state index contributed by atoms with van der Waals surface area (Å²) in [6, 6.07) is 0. The Morgan fingerprint density at radius 3 is 2.75 bits per heavy atom. The molecule has 0 aromatic rings. The van der Waals surface area contributed by atoms with Gasteiger partial charge in [-0.05, 0) is 33.6 Å². The fourth-order valence-corrected chi connectivity index (χ4v) is 3.77. The molecule has 1 saturated carbocycles. The molecule has 0 amide bonds. The molecule has 1 spiro atoms. The predicted molar refractivity (Wildman–Crippen MR) is 74.5 cm³/mol. The summed E-state index contributed by atoms with van der Waals surface area (Å²) >= 11 is 0. The lowest BCUT2D eigenvalue weighted by Crippen LogP contribution is -2.52. The van der Waals surface area contributed by atoms with Gasteiger partial charge in [0, 0.05) is 13.5 Å². The molecule has 5 unspecified atom stereocenters. The summed E-state index contributed by atoms with van der Waals surface area (Å²) in [7, 11) is 1.62. The average molecular weight is 280 g/mol. The van der Waals surface area contributed by atoms with E-state index in [1.165, 1.54) is 5.57 Å². The Bertz CT molecular complexity index is 447. The zero-order valence-corrected chi connectivity index (χ0v) is 12.8. The van der Waals surface area contributed by atoms with Crippen LogP contribution in [0.15, 0.2) is 11.6 Å². The molecule has 2 saturated heterocycles.